The van der Waals surface area contributed by atoms with E-state index >= 15 is 0 Å². The maximum absolute atomic E-state index is 5.57. The summed E-state index contributed by atoms with van der Waals surface area (Å²) in [5.74, 6) is 2.84. The van der Waals surface area contributed by atoms with Crippen molar-refractivity contribution in [2.75, 3.05) is 40.5 Å². The normalized spacial score (nSPS) is 13.6. The first-order valence-electron chi connectivity index (χ1n) is 7.79. The molecule has 0 N–H and O–H groups in total. The molecule has 6 heteroatoms. The predicted molar refractivity (Wildman–Crippen MR) is 89.9 cm³/mol. The molecule has 3 rings (SSSR count). The Hall–Kier alpha value is -1.39. The van der Waals surface area contributed by atoms with Crippen LogP contribution in [0.15, 0.2) is 48.5 Å². The summed E-state index contributed by atoms with van der Waals surface area (Å²) in [7, 11) is 1.60. The maximum Gasteiger partial charge on any atom is 0.188 e. The molecule has 134 valence electrons. The van der Waals surface area contributed by atoms with Gasteiger partial charge in [-0.2, -0.15) is 0 Å². The molecule has 0 unspecified atom stereocenters. The van der Waals surface area contributed by atoms with Gasteiger partial charge in [0.15, 0.2) is 13.6 Å². The molecular weight excluding hydrogens is 492 g/mol. The molecule has 0 saturated carbocycles. The van der Waals surface area contributed by atoms with E-state index in [1.807, 2.05) is 48.5 Å². The molecule has 0 aromatic heterocycles. The molecule has 1 aliphatic heterocycles. The molecule has 0 bridgehead atoms. The molecule has 0 atom stereocenters. The maximum atomic E-state index is 5.57. The zero-order valence-electron chi connectivity index (χ0n) is 14.1. The van der Waals surface area contributed by atoms with Crippen molar-refractivity contribution in [1.82, 2.24) is 0 Å². The van der Waals surface area contributed by atoms with Gasteiger partial charge >= 0.3 is 0 Å². The Morgan fingerprint density at radius 3 is 1.80 bits per heavy atom. The number of benzene rings is 2. The van der Waals surface area contributed by atoms with Crippen LogP contribution in [-0.2, 0) is 35.3 Å². The molecule has 5 nitrogen and oxygen atoms in total. The van der Waals surface area contributed by atoms with Crippen LogP contribution in [0.5, 0.6) is 11.5 Å². The van der Waals surface area contributed by atoms with Gasteiger partial charge in [0.2, 0.25) is 0 Å². The van der Waals surface area contributed by atoms with Crippen molar-refractivity contribution in [2.24, 2.45) is 0 Å². The molecule has 0 aliphatic carbocycles. The topological polar surface area (TPSA) is 46.2 Å². The van der Waals surface area contributed by atoms with Crippen molar-refractivity contribution in [1.29, 1.82) is 0 Å². The standard InChI is InChI=1S/C19H21O5.W/c1-20-13-23-18-6-2-16(3-7-18)17-4-8-19(9-5-17)24-14-22-12-15-10-21-11-15;/h2-9H,10-14H2,1H3;/q-1;. The number of hydrogen-bond donors (Lipinski definition) is 0. The molecule has 1 saturated heterocycles. The van der Waals surface area contributed by atoms with Crippen LogP contribution >= 0.6 is 0 Å². The summed E-state index contributed by atoms with van der Waals surface area (Å²) in [6.45, 7) is 2.53. The van der Waals surface area contributed by atoms with E-state index in [4.69, 9.17) is 23.7 Å². The number of hydrogen-bond acceptors (Lipinski definition) is 5. The predicted octanol–water partition coefficient (Wildman–Crippen LogP) is 3.29. The Morgan fingerprint density at radius 1 is 0.840 bits per heavy atom. The Bertz CT molecular complexity index is 611. The van der Waals surface area contributed by atoms with Crippen LogP contribution in [0.2, 0.25) is 0 Å². The number of methoxy groups -OCH3 is 1. The van der Waals surface area contributed by atoms with E-state index in [1.54, 1.807) is 7.11 Å². The third kappa shape index (κ3) is 6.12. The van der Waals surface area contributed by atoms with E-state index in [0.29, 0.717) is 19.8 Å². The van der Waals surface area contributed by atoms with Crippen molar-refractivity contribution >= 4 is 0 Å². The fourth-order valence-electron chi connectivity index (χ4n) is 2.24. The largest absolute Gasteiger partial charge is 0.468 e. The minimum Gasteiger partial charge on any atom is -0.468 e. The SMILES string of the molecule is COCOc1ccc(-c2ccc(OCOC[C-]3COC3)cc2)cc1.[W]. The Labute approximate surface area is 162 Å². The first-order valence-corrected chi connectivity index (χ1v) is 7.79. The summed E-state index contributed by atoms with van der Waals surface area (Å²) >= 11 is 0. The van der Waals surface area contributed by atoms with Crippen molar-refractivity contribution in [3.8, 4) is 22.6 Å². The molecule has 1 heterocycles. The van der Waals surface area contributed by atoms with E-state index in [1.165, 1.54) is 5.92 Å². The summed E-state index contributed by atoms with van der Waals surface area (Å²) in [6.07, 6.45) is 0. The van der Waals surface area contributed by atoms with E-state index in [9.17, 15) is 0 Å². The van der Waals surface area contributed by atoms with Crippen molar-refractivity contribution in [3.63, 3.8) is 0 Å². The molecule has 2 aromatic rings. The van der Waals surface area contributed by atoms with E-state index in [-0.39, 0.29) is 34.7 Å². The second-order valence-electron chi connectivity index (χ2n) is 5.45. The third-order valence-electron chi connectivity index (χ3n) is 3.61. The molecule has 0 spiro atoms. The quantitative estimate of drug-likeness (QED) is 0.293. The van der Waals surface area contributed by atoms with Gasteiger partial charge in [0.25, 0.3) is 0 Å². The summed E-state index contributed by atoms with van der Waals surface area (Å²) in [5.41, 5.74) is 2.23. The van der Waals surface area contributed by atoms with Crippen LogP contribution in [0.4, 0.5) is 0 Å². The van der Waals surface area contributed by atoms with Gasteiger partial charge < -0.3 is 23.7 Å². The van der Waals surface area contributed by atoms with Crippen LogP contribution in [0.3, 0.4) is 0 Å². The monoisotopic (exact) mass is 513 g/mol. The fourth-order valence-corrected chi connectivity index (χ4v) is 2.24. The van der Waals surface area contributed by atoms with E-state index in [0.717, 1.165) is 22.6 Å². The first kappa shape index (κ1) is 19.9. The van der Waals surface area contributed by atoms with E-state index in [2.05, 4.69) is 0 Å². The number of ether oxygens (including phenoxy) is 5. The zero-order valence-corrected chi connectivity index (χ0v) is 17.0. The van der Waals surface area contributed by atoms with Gasteiger partial charge in [0, 0.05) is 28.2 Å². The minimum absolute atomic E-state index is 0. The van der Waals surface area contributed by atoms with Gasteiger partial charge in [0.05, 0.1) is 0 Å². The average molecular weight is 513 g/mol. The van der Waals surface area contributed by atoms with Gasteiger partial charge in [-0.1, -0.05) is 44.1 Å². The smallest absolute Gasteiger partial charge is 0.188 e. The Morgan fingerprint density at radius 2 is 1.36 bits per heavy atom. The van der Waals surface area contributed by atoms with Crippen LogP contribution in [-0.4, -0.2) is 40.5 Å². The second-order valence-corrected chi connectivity index (χ2v) is 5.45. The Kier molecular flexibility index (Phi) is 8.42. The van der Waals surface area contributed by atoms with Gasteiger partial charge in [-0.25, -0.2) is 5.92 Å². The summed E-state index contributed by atoms with van der Waals surface area (Å²) < 4.78 is 26.3. The molecule has 1 aliphatic rings. The Balaban J connectivity index is 0.00000225. The second kappa shape index (κ2) is 10.6. The molecule has 0 radical (unpaired) electrons. The van der Waals surface area contributed by atoms with Crippen LogP contribution in [0.25, 0.3) is 11.1 Å². The van der Waals surface area contributed by atoms with E-state index < -0.39 is 0 Å². The average Bonchev–Trinajstić information content (AvgIpc) is 2.59. The van der Waals surface area contributed by atoms with Gasteiger partial charge in [-0.05, 0) is 35.4 Å². The summed E-state index contributed by atoms with van der Waals surface area (Å²) in [5, 5.41) is 0. The van der Waals surface area contributed by atoms with Crippen LogP contribution in [0, 0.1) is 5.92 Å². The van der Waals surface area contributed by atoms with Crippen LogP contribution in [0.1, 0.15) is 0 Å². The molecule has 0 amide bonds. The minimum atomic E-state index is 0. The van der Waals surface area contributed by atoms with Crippen molar-refractivity contribution in [2.45, 2.75) is 0 Å². The summed E-state index contributed by atoms with van der Waals surface area (Å²) in [6, 6.07) is 15.8. The molecule has 2 aromatic carbocycles. The molecule has 1 fully saturated rings. The van der Waals surface area contributed by atoms with Crippen LogP contribution < -0.4 is 9.47 Å². The fraction of sp³-hybridized carbons (Fsp3) is 0.316. The third-order valence-corrected chi connectivity index (χ3v) is 3.61. The molecule has 25 heavy (non-hydrogen) atoms. The molecular formula is C19H21O5W-. The van der Waals surface area contributed by atoms with Gasteiger partial charge in [-0.15, -0.1) is 0 Å². The van der Waals surface area contributed by atoms with Gasteiger partial charge in [-0.3, -0.25) is 0 Å². The zero-order chi connectivity index (χ0) is 16.6. The van der Waals surface area contributed by atoms with Gasteiger partial charge in [0.1, 0.15) is 11.5 Å². The number of rotatable bonds is 9. The van der Waals surface area contributed by atoms with Crippen molar-refractivity contribution in [3.05, 3.63) is 54.4 Å². The van der Waals surface area contributed by atoms with Crippen molar-refractivity contribution < 1.29 is 44.7 Å². The first-order chi connectivity index (χ1) is 11.8. The summed E-state index contributed by atoms with van der Waals surface area (Å²) in [4.78, 5) is 0.